The van der Waals surface area contributed by atoms with E-state index in [0.29, 0.717) is 0 Å². The highest BCUT2D eigenvalue weighted by Crippen LogP contribution is 2.35. The predicted molar refractivity (Wildman–Crippen MR) is 233 cm³/mol. The first-order chi connectivity index (χ1) is 25.5. The first-order valence-corrected chi connectivity index (χ1v) is 24.5. The largest absolute Gasteiger partial charge is 0.347 e. The van der Waals surface area contributed by atoms with Crippen LogP contribution in [-0.4, -0.2) is 43.5 Å². The number of hydrogen-bond acceptors (Lipinski definition) is 3. The van der Waals surface area contributed by atoms with Gasteiger partial charge in [0.15, 0.2) is 5.79 Å². The van der Waals surface area contributed by atoms with E-state index in [1.54, 1.807) is 0 Å². The fraction of sp³-hybridized carbons (Fsp3) is 1.00. The Balaban J connectivity index is 2.25. The summed E-state index contributed by atoms with van der Waals surface area (Å²) in [5, 5.41) is 0. The minimum absolute atomic E-state index is 0.237. The van der Waals surface area contributed by atoms with Gasteiger partial charge in [0.1, 0.15) is 0 Å². The van der Waals surface area contributed by atoms with Gasteiger partial charge in [-0.15, -0.1) is 0 Å². The molecule has 0 radical (unpaired) electrons. The van der Waals surface area contributed by atoms with Crippen LogP contribution in [0.25, 0.3) is 0 Å². The molecule has 1 fully saturated rings. The van der Waals surface area contributed by atoms with E-state index in [1.807, 2.05) is 0 Å². The zero-order chi connectivity index (χ0) is 37.8. The van der Waals surface area contributed by atoms with E-state index in [1.165, 1.54) is 218 Å². The molecule has 1 saturated heterocycles. The van der Waals surface area contributed by atoms with Crippen LogP contribution in [0, 0.1) is 11.8 Å². The van der Waals surface area contributed by atoms with E-state index in [9.17, 15) is 0 Å². The highest BCUT2D eigenvalue weighted by atomic mass is 16.7. The summed E-state index contributed by atoms with van der Waals surface area (Å²) in [6.45, 7) is 14.4. The van der Waals surface area contributed by atoms with E-state index >= 15 is 0 Å². The Morgan fingerprint density at radius 1 is 0.442 bits per heavy atom. The Morgan fingerprint density at radius 3 is 1.08 bits per heavy atom. The number of nitrogens with zero attached hydrogens (tertiary/aromatic N) is 1. The first-order valence-electron chi connectivity index (χ1n) is 24.5. The zero-order valence-corrected chi connectivity index (χ0v) is 37.1. The van der Waals surface area contributed by atoms with Crippen molar-refractivity contribution in [3.8, 4) is 0 Å². The molecule has 0 N–H and O–H groups in total. The molecule has 1 atom stereocenters. The molecule has 1 rings (SSSR count). The zero-order valence-electron chi connectivity index (χ0n) is 37.1. The lowest BCUT2D eigenvalue weighted by atomic mass is 9.90. The van der Waals surface area contributed by atoms with Gasteiger partial charge in [-0.3, -0.25) is 0 Å². The third kappa shape index (κ3) is 28.3. The molecule has 0 bridgehead atoms. The Labute approximate surface area is 329 Å². The van der Waals surface area contributed by atoms with Crippen LogP contribution >= 0.6 is 0 Å². The van der Waals surface area contributed by atoms with E-state index in [-0.39, 0.29) is 11.9 Å². The molecule has 0 aromatic carbocycles. The molecule has 312 valence electrons. The normalized spacial score (nSPS) is 16.0. The Bertz CT molecular complexity index is 647. The summed E-state index contributed by atoms with van der Waals surface area (Å²) < 4.78 is 13.3. The number of likely N-dealkylation sites (N-methyl/N-ethyl adjacent to an activating group) is 1. The molecule has 3 heteroatoms. The minimum atomic E-state index is -0.311. The van der Waals surface area contributed by atoms with Crippen LogP contribution in [0.3, 0.4) is 0 Å². The van der Waals surface area contributed by atoms with Crippen LogP contribution in [0.15, 0.2) is 0 Å². The second-order valence-corrected chi connectivity index (χ2v) is 17.8. The van der Waals surface area contributed by atoms with Crippen LogP contribution in [0.2, 0.25) is 0 Å². The molecule has 1 unspecified atom stereocenters. The molecule has 0 aliphatic carbocycles. The molecule has 1 heterocycles. The highest BCUT2D eigenvalue weighted by molar-refractivity contribution is 4.81. The number of unbranched alkanes of at least 4 members (excludes halogenated alkanes) is 22. The summed E-state index contributed by atoms with van der Waals surface area (Å²) >= 11 is 0. The lowest BCUT2D eigenvalue weighted by Gasteiger charge is -2.29. The van der Waals surface area contributed by atoms with Gasteiger partial charge < -0.3 is 14.4 Å². The molecule has 1 aliphatic heterocycles. The van der Waals surface area contributed by atoms with Crippen LogP contribution in [0.5, 0.6) is 0 Å². The number of rotatable bonds is 41. The summed E-state index contributed by atoms with van der Waals surface area (Å²) in [5.41, 5.74) is 0. The summed E-state index contributed by atoms with van der Waals surface area (Å²) in [7, 11) is 2.21. The average molecular weight is 734 g/mol. The van der Waals surface area contributed by atoms with E-state index in [4.69, 9.17) is 9.47 Å². The molecule has 0 spiro atoms. The van der Waals surface area contributed by atoms with Gasteiger partial charge in [0.2, 0.25) is 0 Å². The number of hydrogen-bond donors (Lipinski definition) is 0. The van der Waals surface area contributed by atoms with Crippen LogP contribution in [0.1, 0.15) is 266 Å². The average Bonchev–Trinajstić information content (AvgIpc) is 3.54. The SMILES string of the molecule is CCCCCC(CCCCC)CCCCCCCCCCC1(CCCCCCCCCCC(CCCCC)CCCCC)OCC(CN(C)CC)O1. The van der Waals surface area contributed by atoms with Crippen molar-refractivity contribution in [3.05, 3.63) is 0 Å². The van der Waals surface area contributed by atoms with Crippen molar-refractivity contribution in [2.75, 3.05) is 26.7 Å². The van der Waals surface area contributed by atoms with Gasteiger partial charge in [-0.25, -0.2) is 0 Å². The number of ether oxygens (including phenoxy) is 2. The van der Waals surface area contributed by atoms with Crippen molar-refractivity contribution >= 4 is 0 Å². The monoisotopic (exact) mass is 734 g/mol. The fourth-order valence-electron chi connectivity index (χ4n) is 8.94. The molecule has 0 saturated carbocycles. The van der Waals surface area contributed by atoms with Gasteiger partial charge in [-0.1, -0.05) is 240 Å². The highest BCUT2D eigenvalue weighted by Gasteiger charge is 2.40. The Morgan fingerprint density at radius 2 is 0.750 bits per heavy atom. The van der Waals surface area contributed by atoms with Gasteiger partial charge in [0.25, 0.3) is 0 Å². The second-order valence-electron chi connectivity index (χ2n) is 17.8. The lowest BCUT2D eigenvalue weighted by Crippen LogP contribution is -2.34. The standard InChI is InChI=1S/C49H99NO2/c1-7-12-28-36-46(37-29-13-8-2)40-32-24-20-16-18-22-26-34-42-49(51-45-48(52-49)44-50(6)11-5)43-35-27-23-19-17-21-25-33-41-47(38-30-14-9-3)39-31-15-10-4/h46-48H,7-45H2,1-6H3. The maximum Gasteiger partial charge on any atom is 0.168 e. The van der Waals surface area contributed by atoms with Crippen molar-refractivity contribution in [1.82, 2.24) is 4.90 Å². The summed E-state index contributed by atoms with van der Waals surface area (Å²) in [6.07, 6.45) is 50.7. The smallest absolute Gasteiger partial charge is 0.168 e. The van der Waals surface area contributed by atoms with Crippen LogP contribution in [-0.2, 0) is 9.47 Å². The first kappa shape index (κ1) is 49.9. The third-order valence-electron chi connectivity index (χ3n) is 12.7. The van der Waals surface area contributed by atoms with Crippen molar-refractivity contribution in [2.45, 2.75) is 278 Å². The molecular formula is C49H99NO2. The molecular weight excluding hydrogens is 635 g/mol. The van der Waals surface area contributed by atoms with Crippen molar-refractivity contribution < 1.29 is 9.47 Å². The minimum Gasteiger partial charge on any atom is -0.347 e. The van der Waals surface area contributed by atoms with Gasteiger partial charge >= 0.3 is 0 Å². The second kappa shape index (κ2) is 36.5. The van der Waals surface area contributed by atoms with Gasteiger partial charge in [-0.2, -0.15) is 0 Å². The molecule has 0 aromatic rings. The van der Waals surface area contributed by atoms with Crippen molar-refractivity contribution in [2.24, 2.45) is 11.8 Å². The molecule has 1 aliphatic rings. The lowest BCUT2D eigenvalue weighted by molar-refractivity contribution is -0.180. The Kier molecular flexibility index (Phi) is 35.0. The molecule has 52 heavy (non-hydrogen) atoms. The van der Waals surface area contributed by atoms with Gasteiger partial charge in [0.05, 0.1) is 12.7 Å². The summed E-state index contributed by atoms with van der Waals surface area (Å²) in [4.78, 5) is 2.38. The molecule has 0 amide bonds. The maximum atomic E-state index is 6.76. The van der Waals surface area contributed by atoms with Crippen LogP contribution < -0.4 is 0 Å². The molecule has 3 nitrogen and oxygen atoms in total. The van der Waals surface area contributed by atoms with E-state index < -0.39 is 0 Å². The summed E-state index contributed by atoms with van der Waals surface area (Å²) in [5.74, 6) is 1.70. The van der Waals surface area contributed by atoms with Gasteiger partial charge in [-0.05, 0) is 38.3 Å². The van der Waals surface area contributed by atoms with E-state index in [0.717, 1.165) is 44.4 Å². The van der Waals surface area contributed by atoms with Crippen molar-refractivity contribution in [1.29, 1.82) is 0 Å². The van der Waals surface area contributed by atoms with Crippen LogP contribution in [0.4, 0.5) is 0 Å². The topological polar surface area (TPSA) is 21.7 Å². The quantitative estimate of drug-likeness (QED) is 0.0584. The fourth-order valence-corrected chi connectivity index (χ4v) is 8.94. The van der Waals surface area contributed by atoms with Crippen molar-refractivity contribution in [3.63, 3.8) is 0 Å². The summed E-state index contributed by atoms with van der Waals surface area (Å²) in [6, 6.07) is 0. The Hall–Kier alpha value is -0.120. The predicted octanol–water partition coefficient (Wildman–Crippen LogP) is 16.4. The van der Waals surface area contributed by atoms with Gasteiger partial charge in [0, 0.05) is 19.4 Å². The third-order valence-corrected chi connectivity index (χ3v) is 12.7. The molecule has 0 aromatic heterocycles. The maximum absolute atomic E-state index is 6.76. The van der Waals surface area contributed by atoms with E-state index in [2.05, 4.69) is 46.6 Å².